The Balaban J connectivity index is 2.28. The molecule has 1 aliphatic rings. The van der Waals surface area contributed by atoms with Crippen LogP contribution in [0, 0.1) is 12.3 Å². The number of terminal acetylenes is 1. The second kappa shape index (κ2) is 5.94. The fourth-order valence-corrected chi connectivity index (χ4v) is 2.45. The molecule has 4 heteroatoms. The predicted octanol–water partition coefficient (Wildman–Crippen LogP) is 0.349. The molecular weight excluding hydrogens is 196 g/mol. The molecule has 1 amide bonds. The molecule has 2 atom stereocenters. The van der Waals surface area contributed by atoms with Crippen LogP contribution in [0.3, 0.4) is 0 Å². The molecule has 0 aromatic carbocycles. The Kier molecular flexibility index (Phi) is 4.85. The van der Waals surface area contributed by atoms with E-state index in [0.717, 1.165) is 12.2 Å². The summed E-state index contributed by atoms with van der Waals surface area (Å²) in [6.45, 7) is 0. The van der Waals surface area contributed by atoms with E-state index in [1.807, 2.05) is 11.8 Å². The fraction of sp³-hybridized carbons (Fsp3) is 0.700. The highest BCUT2D eigenvalue weighted by molar-refractivity contribution is 7.99. The van der Waals surface area contributed by atoms with Gasteiger partial charge >= 0.3 is 0 Å². The number of nitrogens with one attached hydrogen (secondary N) is 1. The maximum absolute atomic E-state index is 11.5. The van der Waals surface area contributed by atoms with Crippen LogP contribution in [-0.4, -0.2) is 29.5 Å². The third kappa shape index (κ3) is 3.60. The molecule has 14 heavy (non-hydrogen) atoms. The minimum Gasteiger partial charge on any atom is -0.351 e. The molecule has 1 fully saturated rings. The largest absolute Gasteiger partial charge is 0.351 e. The Labute approximate surface area is 89.2 Å². The number of thioether (sulfide) groups is 1. The van der Waals surface area contributed by atoms with Crippen LogP contribution in [0.4, 0.5) is 0 Å². The molecule has 3 N–H and O–H groups in total. The summed E-state index contributed by atoms with van der Waals surface area (Å²) < 4.78 is 0. The van der Waals surface area contributed by atoms with Crippen molar-refractivity contribution in [2.24, 2.45) is 5.73 Å². The highest BCUT2D eigenvalue weighted by Gasteiger charge is 2.19. The maximum atomic E-state index is 11.5. The number of hydrogen-bond acceptors (Lipinski definition) is 3. The van der Waals surface area contributed by atoms with Crippen molar-refractivity contribution in [3.63, 3.8) is 0 Å². The number of amides is 1. The zero-order valence-corrected chi connectivity index (χ0v) is 8.98. The number of nitrogens with two attached hydrogens (primary N) is 1. The summed E-state index contributed by atoms with van der Waals surface area (Å²) in [5.74, 6) is 4.47. The van der Waals surface area contributed by atoms with Crippen molar-refractivity contribution in [2.75, 3.05) is 11.5 Å². The van der Waals surface area contributed by atoms with Gasteiger partial charge in [0.25, 0.3) is 0 Å². The lowest BCUT2D eigenvalue weighted by molar-refractivity contribution is -0.122. The Bertz CT molecular complexity index is 231. The monoisotopic (exact) mass is 212 g/mol. The van der Waals surface area contributed by atoms with Crippen LogP contribution in [0.2, 0.25) is 0 Å². The van der Waals surface area contributed by atoms with E-state index < -0.39 is 6.04 Å². The SMILES string of the molecule is C#CCC(N)C(=O)NC1CCCSC1. The lowest BCUT2D eigenvalue weighted by Crippen LogP contribution is -2.46. The van der Waals surface area contributed by atoms with Crippen LogP contribution in [0.5, 0.6) is 0 Å². The second-order valence-corrected chi connectivity index (χ2v) is 4.59. The smallest absolute Gasteiger partial charge is 0.238 e. The molecule has 0 bridgehead atoms. The average Bonchev–Trinajstić information content (AvgIpc) is 2.19. The van der Waals surface area contributed by atoms with E-state index in [0.29, 0.717) is 6.42 Å². The zero-order valence-electron chi connectivity index (χ0n) is 8.16. The number of carbonyl (C=O) groups is 1. The molecule has 0 aromatic rings. The number of carbonyl (C=O) groups excluding carboxylic acids is 1. The molecule has 0 radical (unpaired) electrons. The Morgan fingerprint density at radius 2 is 2.57 bits per heavy atom. The molecule has 3 nitrogen and oxygen atoms in total. The number of hydrogen-bond donors (Lipinski definition) is 2. The normalized spacial score (nSPS) is 23.6. The third-order valence-corrected chi connectivity index (χ3v) is 3.40. The van der Waals surface area contributed by atoms with Crippen LogP contribution in [0.1, 0.15) is 19.3 Å². The molecule has 1 heterocycles. The molecule has 0 saturated carbocycles. The van der Waals surface area contributed by atoms with Crippen LogP contribution in [0.15, 0.2) is 0 Å². The fourth-order valence-electron chi connectivity index (χ4n) is 1.38. The van der Waals surface area contributed by atoms with Crippen LogP contribution in [-0.2, 0) is 4.79 Å². The van der Waals surface area contributed by atoms with Crippen LogP contribution in [0.25, 0.3) is 0 Å². The first-order chi connectivity index (χ1) is 6.74. The van der Waals surface area contributed by atoms with Gasteiger partial charge in [-0.3, -0.25) is 4.79 Å². The maximum Gasteiger partial charge on any atom is 0.238 e. The van der Waals surface area contributed by atoms with Gasteiger partial charge in [0.15, 0.2) is 0 Å². The molecule has 0 aromatic heterocycles. The van der Waals surface area contributed by atoms with Gasteiger partial charge in [-0.2, -0.15) is 11.8 Å². The van der Waals surface area contributed by atoms with Crippen molar-refractivity contribution in [1.82, 2.24) is 5.32 Å². The molecule has 2 unspecified atom stereocenters. The van der Waals surface area contributed by atoms with Gasteiger partial charge in [-0.1, -0.05) is 0 Å². The minimum absolute atomic E-state index is 0.115. The molecular formula is C10H16N2OS. The first-order valence-corrected chi connectivity index (χ1v) is 5.96. The summed E-state index contributed by atoms with van der Waals surface area (Å²) in [6, 6.07) is -0.267. The predicted molar refractivity (Wildman–Crippen MR) is 59.9 cm³/mol. The first-order valence-electron chi connectivity index (χ1n) is 4.81. The van der Waals surface area contributed by atoms with Gasteiger partial charge in [0.1, 0.15) is 0 Å². The summed E-state index contributed by atoms with van der Waals surface area (Å²) in [5, 5.41) is 2.92. The lowest BCUT2D eigenvalue weighted by atomic mass is 10.1. The van der Waals surface area contributed by atoms with Crippen molar-refractivity contribution in [3.05, 3.63) is 0 Å². The summed E-state index contributed by atoms with van der Waals surface area (Å²) in [6.07, 6.45) is 7.62. The Morgan fingerprint density at radius 3 is 3.14 bits per heavy atom. The first kappa shape index (κ1) is 11.4. The standard InChI is InChI=1S/C10H16N2OS/c1-2-4-9(11)10(13)12-8-5-3-6-14-7-8/h1,8-9H,3-7,11H2,(H,12,13). The molecule has 78 valence electrons. The van der Waals surface area contributed by atoms with Gasteiger partial charge in [0.2, 0.25) is 5.91 Å². The van der Waals surface area contributed by atoms with Crippen molar-refractivity contribution >= 4 is 17.7 Å². The van der Waals surface area contributed by atoms with E-state index in [1.165, 1.54) is 12.2 Å². The summed E-state index contributed by atoms with van der Waals surface area (Å²) in [7, 11) is 0. The third-order valence-electron chi connectivity index (χ3n) is 2.18. The Hall–Kier alpha value is -0.660. The van der Waals surface area contributed by atoms with Crippen molar-refractivity contribution in [2.45, 2.75) is 31.3 Å². The average molecular weight is 212 g/mol. The highest BCUT2D eigenvalue weighted by Crippen LogP contribution is 2.16. The van der Waals surface area contributed by atoms with E-state index in [2.05, 4.69) is 11.2 Å². The van der Waals surface area contributed by atoms with Gasteiger partial charge in [0.05, 0.1) is 6.04 Å². The van der Waals surface area contributed by atoms with E-state index in [1.54, 1.807) is 0 Å². The molecule has 0 aliphatic carbocycles. The van der Waals surface area contributed by atoms with E-state index >= 15 is 0 Å². The van der Waals surface area contributed by atoms with Gasteiger partial charge in [-0.15, -0.1) is 12.3 Å². The van der Waals surface area contributed by atoms with Gasteiger partial charge in [-0.05, 0) is 18.6 Å². The van der Waals surface area contributed by atoms with Crippen molar-refractivity contribution in [3.8, 4) is 12.3 Å². The highest BCUT2D eigenvalue weighted by atomic mass is 32.2. The quantitative estimate of drug-likeness (QED) is 0.664. The molecule has 1 saturated heterocycles. The lowest BCUT2D eigenvalue weighted by Gasteiger charge is -2.23. The summed E-state index contributed by atoms with van der Waals surface area (Å²) in [5.41, 5.74) is 5.58. The summed E-state index contributed by atoms with van der Waals surface area (Å²) >= 11 is 1.87. The second-order valence-electron chi connectivity index (χ2n) is 3.44. The molecule has 1 rings (SSSR count). The van der Waals surface area contributed by atoms with E-state index in [4.69, 9.17) is 12.2 Å². The summed E-state index contributed by atoms with van der Waals surface area (Å²) in [4.78, 5) is 11.5. The Morgan fingerprint density at radius 1 is 1.79 bits per heavy atom. The van der Waals surface area contributed by atoms with Gasteiger partial charge in [0, 0.05) is 18.2 Å². The van der Waals surface area contributed by atoms with Crippen LogP contribution >= 0.6 is 11.8 Å². The van der Waals surface area contributed by atoms with Gasteiger partial charge in [-0.25, -0.2) is 0 Å². The number of rotatable bonds is 3. The topological polar surface area (TPSA) is 55.1 Å². The van der Waals surface area contributed by atoms with Crippen molar-refractivity contribution < 1.29 is 4.79 Å². The van der Waals surface area contributed by atoms with Gasteiger partial charge < -0.3 is 11.1 Å². The molecule has 1 aliphatic heterocycles. The van der Waals surface area contributed by atoms with Crippen LogP contribution < -0.4 is 11.1 Å². The van der Waals surface area contributed by atoms with Crippen molar-refractivity contribution in [1.29, 1.82) is 0 Å². The zero-order chi connectivity index (χ0) is 10.4. The van der Waals surface area contributed by atoms with E-state index in [-0.39, 0.29) is 11.9 Å². The van der Waals surface area contributed by atoms with E-state index in [9.17, 15) is 4.79 Å². The minimum atomic E-state index is -0.549. The molecule has 0 spiro atoms.